The van der Waals surface area contributed by atoms with Gasteiger partial charge in [0.2, 0.25) is 0 Å². The van der Waals surface area contributed by atoms with Crippen molar-refractivity contribution in [3.05, 3.63) is 58.6 Å². The van der Waals surface area contributed by atoms with Crippen molar-refractivity contribution in [3.63, 3.8) is 0 Å². The molecule has 0 aliphatic carbocycles. The van der Waals surface area contributed by atoms with E-state index in [4.69, 9.17) is 15.2 Å². The zero-order valence-corrected chi connectivity index (χ0v) is 13.7. The molecule has 0 saturated heterocycles. The number of nitrogens with two attached hydrogens (primary N) is 1. The largest absolute Gasteiger partial charge is 0.490 e. The lowest BCUT2D eigenvalue weighted by Crippen LogP contribution is -2.13. The van der Waals surface area contributed by atoms with Crippen molar-refractivity contribution in [1.29, 1.82) is 0 Å². The molecule has 0 spiro atoms. The van der Waals surface area contributed by atoms with Gasteiger partial charge < -0.3 is 15.2 Å². The second-order valence-electron chi connectivity index (χ2n) is 4.70. The van der Waals surface area contributed by atoms with E-state index in [9.17, 15) is 0 Å². The Balaban J connectivity index is 1.85. The highest BCUT2D eigenvalue weighted by Crippen LogP contribution is 2.25. The fraction of sp³-hybridized carbons (Fsp3) is 0.294. The smallest absolute Gasteiger partial charge is 0.124 e. The van der Waals surface area contributed by atoms with Crippen molar-refractivity contribution in [2.75, 3.05) is 13.2 Å². The third-order valence-electron chi connectivity index (χ3n) is 3.18. The molecular weight excluding hydrogens is 330 g/mol. The van der Waals surface area contributed by atoms with Gasteiger partial charge in [0, 0.05) is 16.1 Å². The molecule has 1 atom stereocenters. The van der Waals surface area contributed by atoms with Crippen LogP contribution in [0.3, 0.4) is 0 Å². The van der Waals surface area contributed by atoms with E-state index in [1.165, 1.54) is 0 Å². The van der Waals surface area contributed by atoms with E-state index in [2.05, 4.69) is 22.9 Å². The molecule has 2 rings (SSSR count). The maximum Gasteiger partial charge on any atom is 0.124 e. The third-order valence-corrected chi connectivity index (χ3v) is 3.71. The molecule has 112 valence electrons. The first-order valence-electron chi connectivity index (χ1n) is 7.06. The van der Waals surface area contributed by atoms with Crippen molar-refractivity contribution < 1.29 is 9.47 Å². The number of hydrogen-bond donors (Lipinski definition) is 1. The lowest BCUT2D eigenvalue weighted by molar-refractivity contribution is 0.215. The van der Waals surface area contributed by atoms with Gasteiger partial charge in [0.25, 0.3) is 0 Å². The number of rotatable bonds is 7. The minimum atomic E-state index is 0.00796. The Morgan fingerprint density at radius 1 is 1.00 bits per heavy atom. The second kappa shape index (κ2) is 8.05. The summed E-state index contributed by atoms with van der Waals surface area (Å²) in [6.07, 6.45) is 0.885. The Morgan fingerprint density at radius 3 is 2.38 bits per heavy atom. The highest BCUT2D eigenvalue weighted by Gasteiger charge is 2.09. The average Bonchev–Trinajstić information content (AvgIpc) is 2.53. The van der Waals surface area contributed by atoms with Gasteiger partial charge >= 0.3 is 0 Å². The van der Waals surface area contributed by atoms with E-state index in [1.54, 1.807) is 0 Å². The summed E-state index contributed by atoms with van der Waals surface area (Å²) >= 11 is 3.39. The second-order valence-corrected chi connectivity index (χ2v) is 5.62. The number of hydrogen-bond acceptors (Lipinski definition) is 3. The highest BCUT2D eigenvalue weighted by molar-refractivity contribution is 9.10. The van der Waals surface area contributed by atoms with Gasteiger partial charge in [-0.1, -0.05) is 41.1 Å². The molecule has 2 aromatic rings. The molecular formula is C17H20BrNO2. The minimum Gasteiger partial charge on any atom is -0.490 e. The molecule has 0 radical (unpaired) electrons. The van der Waals surface area contributed by atoms with Crippen LogP contribution in [0.25, 0.3) is 0 Å². The maximum atomic E-state index is 6.09. The summed E-state index contributed by atoms with van der Waals surface area (Å²) in [5, 5.41) is 0. The molecule has 0 unspecified atom stereocenters. The highest BCUT2D eigenvalue weighted by atomic mass is 79.9. The van der Waals surface area contributed by atoms with Crippen LogP contribution in [0.4, 0.5) is 0 Å². The Kier molecular flexibility index (Phi) is 6.08. The fourth-order valence-corrected chi connectivity index (χ4v) is 2.24. The van der Waals surface area contributed by atoms with Crippen molar-refractivity contribution in [3.8, 4) is 11.5 Å². The monoisotopic (exact) mass is 349 g/mol. The fourth-order valence-electron chi connectivity index (χ4n) is 1.98. The van der Waals surface area contributed by atoms with E-state index in [0.717, 1.165) is 28.0 Å². The van der Waals surface area contributed by atoms with Crippen LogP contribution < -0.4 is 15.2 Å². The average molecular weight is 350 g/mol. The molecule has 0 heterocycles. The quantitative estimate of drug-likeness (QED) is 0.757. The molecule has 21 heavy (non-hydrogen) atoms. The van der Waals surface area contributed by atoms with Crippen molar-refractivity contribution >= 4 is 15.9 Å². The molecule has 0 aliphatic rings. The number of benzene rings is 2. The Labute approximate surface area is 134 Å². The molecule has 2 N–H and O–H groups in total. The van der Waals surface area contributed by atoms with Crippen LogP contribution in [0.1, 0.15) is 24.9 Å². The normalized spacial score (nSPS) is 12.0. The minimum absolute atomic E-state index is 0.00796. The first-order chi connectivity index (χ1) is 10.2. The van der Waals surface area contributed by atoms with Gasteiger partial charge in [-0.05, 0) is 36.8 Å². The lowest BCUT2D eigenvalue weighted by Gasteiger charge is -2.15. The molecule has 4 heteroatoms. The van der Waals surface area contributed by atoms with Gasteiger partial charge in [-0.3, -0.25) is 0 Å². The van der Waals surface area contributed by atoms with Crippen LogP contribution in [-0.4, -0.2) is 13.2 Å². The first kappa shape index (κ1) is 15.9. The predicted octanol–water partition coefficient (Wildman–Crippen LogP) is 4.32. The van der Waals surface area contributed by atoms with Gasteiger partial charge in [-0.25, -0.2) is 0 Å². The topological polar surface area (TPSA) is 44.5 Å². The van der Waals surface area contributed by atoms with Gasteiger partial charge in [0.05, 0.1) is 0 Å². The summed E-state index contributed by atoms with van der Waals surface area (Å²) in [7, 11) is 0. The Morgan fingerprint density at radius 2 is 1.67 bits per heavy atom. The van der Waals surface area contributed by atoms with E-state index in [1.807, 2.05) is 48.5 Å². The zero-order chi connectivity index (χ0) is 15.1. The molecule has 0 amide bonds. The van der Waals surface area contributed by atoms with Crippen molar-refractivity contribution in [1.82, 2.24) is 0 Å². The summed E-state index contributed by atoms with van der Waals surface area (Å²) in [4.78, 5) is 0. The summed E-state index contributed by atoms with van der Waals surface area (Å²) in [5.41, 5.74) is 7.13. The lowest BCUT2D eigenvalue weighted by atomic mass is 10.0. The van der Waals surface area contributed by atoms with Crippen LogP contribution in [0.5, 0.6) is 11.5 Å². The van der Waals surface area contributed by atoms with Crippen LogP contribution in [-0.2, 0) is 0 Å². The summed E-state index contributed by atoms with van der Waals surface area (Å²) in [5.74, 6) is 1.67. The molecule has 0 aliphatic heterocycles. The Hall–Kier alpha value is -1.52. The molecule has 0 fully saturated rings. The predicted molar refractivity (Wildman–Crippen MR) is 88.8 cm³/mol. The standard InChI is InChI=1S/C17H20BrNO2/c1-2-16(19)15-5-3-4-6-17(15)21-12-11-20-14-9-7-13(18)8-10-14/h3-10,16H,2,11-12,19H2,1H3/t16-/m1/s1. The first-order valence-corrected chi connectivity index (χ1v) is 7.85. The molecule has 2 aromatic carbocycles. The molecule has 0 aromatic heterocycles. The van der Waals surface area contributed by atoms with Gasteiger partial charge in [-0.15, -0.1) is 0 Å². The van der Waals surface area contributed by atoms with E-state index in [-0.39, 0.29) is 6.04 Å². The number of para-hydroxylation sites is 1. The summed E-state index contributed by atoms with van der Waals surface area (Å²) in [6, 6.07) is 15.7. The number of ether oxygens (including phenoxy) is 2. The van der Waals surface area contributed by atoms with Crippen LogP contribution >= 0.6 is 15.9 Å². The zero-order valence-electron chi connectivity index (χ0n) is 12.1. The van der Waals surface area contributed by atoms with Crippen molar-refractivity contribution in [2.45, 2.75) is 19.4 Å². The maximum absolute atomic E-state index is 6.09. The van der Waals surface area contributed by atoms with Crippen molar-refractivity contribution in [2.24, 2.45) is 5.73 Å². The summed E-state index contributed by atoms with van der Waals surface area (Å²) in [6.45, 7) is 3.05. The summed E-state index contributed by atoms with van der Waals surface area (Å²) < 4.78 is 12.5. The van der Waals surface area contributed by atoms with Crippen LogP contribution in [0.15, 0.2) is 53.0 Å². The van der Waals surface area contributed by atoms with Gasteiger partial charge in [-0.2, -0.15) is 0 Å². The van der Waals surface area contributed by atoms with Gasteiger partial charge in [0.15, 0.2) is 0 Å². The number of halogens is 1. The third kappa shape index (κ3) is 4.76. The van der Waals surface area contributed by atoms with E-state index in [0.29, 0.717) is 13.2 Å². The van der Waals surface area contributed by atoms with Crippen LogP contribution in [0, 0.1) is 0 Å². The molecule has 0 bridgehead atoms. The molecule has 0 saturated carbocycles. The van der Waals surface area contributed by atoms with Crippen LogP contribution in [0.2, 0.25) is 0 Å². The molecule has 3 nitrogen and oxygen atoms in total. The van der Waals surface area contributed by atoms with E-state index >= 15 is 0 Å². The van der Waals surface area contributed by atoms with E-state index < -0.39 is 0 Å². The Bertz CT molecular complexity index is 557. The van der Waals surface area contributed by atoms with Gasteiger partial charge in [0.1, 0.15) is 24.7 Å². The SMILES string of the molecule is CC[C@@H](N)c1ccccc1OCCOc1ccc(Br)cc1.